The number of amides is 1. The van der Waals surface area contributed by atoms with E-state index in [1.165, 1.54) is 0 Å². The Kier molecular flexibility index (Phi) is 4.28. The van der Waals surface area contributed by atoms with E-state index in [2.05, 4.69) is 15.4 Å². The minimum atomic E-state index is -0.255. The van der Waals surface area contributed by atoms with Crippen LogP contribution >= 0.6 is 11.3 Å². The lowest BCUT2D eigenvalue weighted by atomic mass is 9.76. The zero-order valence-electron chi connectivity index (χ0n) is 15.1. The van der Waals surface area contributed by atoms with Crippen LogP contribution in [-0.4, -0.2) is 31.9 Å². The number of rotatable bonds is 4. The third-order valence-electron chi connectivity index (χ3n) is 5.10. The molecule has 1 saturated carbocycles. The molecular weight excluding hydrogens is 348 g/mol. The Morgan fingerprint density at radius 3 is 2.85 bits per heavy atom. The second-order valence-electron chi connectivity index (χ2n) is 7.07. The van der Waals surface area contributed by atoms with Crippen LogP contribution in [0.3, 0.4) is 0 Å². The highest BCUT2D eigenvalue weighted by molar-refractivity contribution is 7.10. The molecule has 0 aromatic carbocycles. The van der Waals surface area contributed by atoms with Gasteiger partial charge in [-0.15, -0.1) is 11.3 Å². The molecule has 136 valence electrons. The number of nitrogens with zero attached hydrogens (tertiary/aromatic N) is 3. The summed E-state index contributed by atoms with van der Waals surface area (Å²) in [5.74, 6) is 0.150. The van der Waals surface area contributed by atoms with Gasteiger partial charge >= 0.3 is 0 Å². The number of nitrogens with one attached hydrogen (secondary N) is 1. The number of pyridine rings is 1. The van der Waals surface area contributed by atoms with Crippen LogP contribution in [0, 0.1) is 19.8 Å². The minimum absolute atomic E-state index is 0.0774. The lowest BCUT2D eigenvalue weighted by molar-refractivity contribution is 0.0241. The predicted molar refractivity (Wildman–Crippen MR) is 101 cm³/mol. The number of fused-ring (bicyclic) bond motifs is 1. The maximum absolute atomic E-state index is 13.2. The van der Waals surface area contributed by atoms with E-state index < -0.39 is 0 Å². The van der Waals surface area contributed by atoms with E-state index in [-0.39, 0.29) is 24.0 Å². The van der Waals surface area contributed by atoms with Gasteiger partial charge in [-0.05, 0) is 50.1 Å². The first-order valence-electron chi connectivity index (χ1n) is 8.77. The van der Waals surface area contributed by atoms with Crippen molar-refractivity contribution in [3.63, 3.8) is 0 Å². The molecule has 0 spiro atoms. The van der Waals surface area contributed by atoms with Crippen LogP contribution in [0.15, 0.2) is 23.6 Å². The van der Waals surface area contributed by atoms with Crippen molar-refractivity contribution < 1.29 is 9.90 Å². The second-order valence-corrected chi connectivity index (χ2v) is 8.05. The summed E-state index contributed by atoms with van der Waals surface area (Å²) < 4.78 is 1.72. The molecule has 0 saturated heterocycles. The summed E-state index contributed by atoms with van der Waals surface area (Å²) in [7, 11) is 1.84. The van der Waals surface area contributed by atoms with Gasteiger partial charge in [0.05, 0.1) is 28.8 Å². The molecule has 3 aromatic rings. The van der Waals surface area contributed by atoms with Gasteiger partial charge in [-0.2, -0.15) is 5.10 Å². The van der Waals surface area contributed by atoms with Crippen LogP contribution < -0.4 is 5.32 Å². The van der Waals surface area contributed by atoms with E-state index >= 15 is 0 Å². The maximum Gasteiger partial charge on any atom is 0.252 e. The van der Waals surface area contributed by atoms with Crippen LogP contribution in [0.5, 0.6) is 0 Å². The molecule has 2 N–H and O–H groups in total. The van der Waals surface area contributed by atoms with Crippen molar-refractivity contribution in [2.45, 2.75) is 38.8 Å². The van der Waals surface area contributed by atoms with Crippen molar-refractivity contribution in [2.75, 3.05) is 0 Å². The van der Waals surface area contributed by atoms with Crippen molar-refractivity contribution in [3.05, 3.63) is 45.4 Å². The fourth-order valence-electron chi connectivity index (χ4n) is 3.76. The molecule has 0 aliphatic heterocycles. The normalized spacial score (nSPS) is 20.8. The van der Waals surface area contributed by atoms with Crippen LogP contribution in [0.2, 0.25) is 0 Å². The van der Waals surface area contributed by atoms with Gasteiger partial charge in [0.15, 0.2) is 5.65 Å². The van der Waals surface area contributed by atoms with Gasteiger partial charge in [0.25, 0.3) is 5.91 Å². The Morgan fingerprint density at radius 1 is 1.42 bits per heavy atom. The molecule has 4 rings (SSSR count). The van der Waals surface area contributed by atoms with Gasteiger partial charge in [-0.1, -0.05) is 6.07 Å². The average molecular weight is 370 g/mol. The summed E-state index contributed by atoms with van der Waals surface area (Å²) in [5, 5.41) is 20.2. The van der Waals surface area contributed by atoms with E-state index in [1.54, 1.807) is 16.0 Å². The van der Waals surface area contributed by atoms with Crippen LogP contribution in [0.4, 0.5) is 0 Å². The molecule has 1 aliphatic carbocycles. The quantitative estimate of drug-likeness (QED) is 0.740. The zero-order valence-corrected chi connectivity index (χ0v) is 15.9. The van der Waals surface area contributed by atoms with Gasteiger partial charge in [-0.3, -0.25) is 9.48 Å². The molecular formula is C19H22N4O2S. The first kappa shape index (κ1) is 17.2. The number of carbonyl (C=O) groups is 1. The molecule has 7 heteroatoms. The van der Waals surface area contributed by atoms with Gasteiger partial charge in [0.1, 0.15) is 0 Å². The molecule has 0 radical (unpaired) electrons. The Balaban J connectivity index is 1.70. The summed E-state index contributed by atoms with van der Waals surface area (Å²) in [5.41, 5.74) is 2.92. The number of hydrogen-bond acceptors (Lipinski definition) is 5. The van der Waals surface area contributed by atoms with E-state index in [0.29, 0.717) is 5.56 Å². The summed E-state index contributed by atoms with van der Waals surface area (Å²) in [6.45, 7) is 3.78. The topological polar surface area (TPSA) is 80.0 Å². The Bertz CT molecular complexity index is 958. The predicted octanol–water partition coefficient (Wildman–Crippen LogP) is 2.89. The molecule has 26 heavy (non-hydrogen) atoms. The number of thiophene rings is 1. The molecule has 6 nitrogen and oxygen atoms in total. The Labute approximate surface area is 155 Å². The molecule has 3 heterocycles. The molecule has 1 amide bonds. The van der Waals surface area contributed by atoms with E-state index in [4.69, 9.17) is 0 Å². The second kappa shape index (κ2) is 6.48. The number of aliphatic hydroxyl groups excluding tert-OH is 1. The highest BCUT2D eigenvalue weighted by atomic mass is 32.1. The third kappa shape index (κ3) is 2.91. The number of carbonyl (C=O) groups excluding carboxylic acids is 1. The Morgan fingerprint density at radius 2 is 2.19 bits per heavy atom. The average Bonchev–Trinajstić information content (AvgIpc) is 3.18. The maximum atomic E-state index is 13.2. The van der Waals surface area contributed by atoms with Gasteiger partial charge in [0.2, 0.25) is 0 Å². The van der Waals surface area contributed by atoms with Crippen LogP contribution in [0.1, 0.15) is 45.5 Å². The highest BCUT2D eigenvalue weighted by Crippen LogP contribution is 2.39. The standard InChI is InChI=1S/C19H22N4O2S/c1-10-7-14(16-11(2)22-23(3)18(16)20-10)19(25)21-17(12-8-13(24)9-12)15-5-4-6-26-15/h4-7,12-13,17,24H,8-9H2,1-3H3,(H,21,25)/t12?,13?,17-/m1/s1. The fourth-order valence-corrected chi connectivity index (χ4v) is 4.63. The van der Waals surface area contributed by atoms with Gasteiger partial charge in [-0.25, -0.2) is 4.98 Å². The minimum Gasteiger partial charge on any atom is -0.393 e. The van der Waals surface area contributed by atoms with Crippen LogP contribution in [0.25, 0.3) is 11.0 Å². The summed E-state index contributed by atoms with van der Waals surface area (Å²) in [6.07, 6.45) is 1.19. The number of aryl methyl sites for hydroxylation is 3. The summed E-state index contributed by atoms with van der Waals surface area (Å²) >= 11 is 1.64. The van der Waals surface area contributed by atoms with E-state index in [1.807, 2.05) is 44.5 Å². The van der Waals surface area contributed by atoms with E-state index in [0.717, 1.165) is 40.1 Å². The SMILES string of the molecule is Cc1cc(C(=O)N[C@@H](c2cccs2)C2CC(O)C2)c2c(C)nn(C)c2n1. The van der Waals surface area contributed by atoms with Crippen LogP contribution in [-0.2, 0) is 7.05 Å². The van der Waals surface area contributed by atoms with Gasteiger partial charge in [0, 0.05) is 17.6 Å². The number of hydrogen-bond donors (Lipinski definition) is 2. The van der Waals surface area contributed by atoms with Crippen molar-refractivity contribution in [1.82, 2.24) is 20.1 Å². The first-order chi connectivity index (χ1) is 12.4. The zero-order chi connectivity index (χ0) is 18.4. The monoisotopic (exact) mass is 370 g/mol. The summed E-state index contributed by atoms with van der Waals surface area (Å²) in [4.78, 5) is 18.8. The van der Waals surface area contributed by atoms with Crippen molar-refractivity contribution in [2.24, 2.45) is 13.0 Å². The Hall–Kier alpha value is -2.25. The fraction of sp³-hybridized carbons (Fsp3) is 0.421. The number of aliphatic hydroxyl groups is 1. The van der Waals surface area contributed by atoms with Crippen molar-refractivity contribution >= 4 is 28.3 Å². The van der Waals surface area contributed by atoms with E-state index in [9.17, 15) is 9.90 Å². The first-order valence-corrected chi connectivity index (χ1v) is 9.65. The largest absolute Gasteiger partial charge is 0.393 e. The summed E-state index contributed by atoms with van der Waals surface area (Å²) in [6, 6.07) is 5.79. The lowest BCUT2D eigenvalue weighted by Crippen LogP contribution is -2.41. The smallest absolute Gasteiger partial charge is 0.252 e. The third-order valence-corrected chi connectivity index (χ3v) is 6.05. The molecule has 1 aliphatic rings. The molecule has 1 atom stereocenters. The number of aromatic nitrogens is 3. The van der Waals surface area contributed by atoms with Gasteiger partial charge < -0.3 is 10.4 Å². The lowest BCUT2D eigenvalue weighted by Gasteiger charge is -2.37. The van der Waals surface area contributed by atoms with Crippen molar-refractivity contribution in [3.8, 4) is 0 Å². The van der Waals surface area contributed by atoms with Crippen molar-refractivity contribution in [1.29, 1.82) is 0 Å². The molecule has 3 aromatic heterocycles. The highest BCUT2D eigenvalue weighted by Gasteiger charge is 2.36. The molecule has 0 unspecified atom stereocenters. The molecule has 0 bridgehead atoms. The molecule has 1 fully saturated rings.